The number of unbranched alkanes of at least 4 members (excludes halogenated alkanes) is 3. The third-order valence-electron chi connectivity index (χ3n) is 6.63. The maximum Gasteiger partial charge on any atom is 0.306 e. The summed E-state index contributed by atoms with van der Waals surface area (Å²) in [5, 5.41) is 0. The molecule has 33 heavy (non-hydrogen) atoms. The molecule has 1 aromatic carbocycles. The van der Waals surface area contributed by atoms with Crippen molar-refractivity contribution in [3.63, 3.8) is 0 Å². The van der Waals surface area contributed by atoms with Crippen LogP contribution >= 0.6 is 19.0 Å². The SMILES string of the molecule is CCCC[P+](CCCC)(CCCC)CCCC(C)(CCC(=O)OC(C)C)Sc1ccccc1. The Morgan fingerprint density at radius 3 is 1.88 bits per heavy atom. The Labute approximate surface area is 210 Å². The van der Waals surface area contributed by atoms with Gasteiger partial charge in [0.25, 0.3) is 0 Å². The standard InChI is InChI=1S/C29H52O2PS/c1-7-10-22-32(23-11-8-2,24-12-9-3)25-16-20-29(6,21-19-28(30)31-26(4)5)33-27-17-14-13-15-18-27/h13-15,17-18,26H,7-12,16,19-25H2,1-6H3/q+1. The number of benzene rings is 1. The second kappa shape index (κ2) is 17.0. The molecule has 0 amide bonds. The monoisotopic (exact) mass is 495 g/mol. The van der Waals surface area contributed by atoms with Gasteiger partial charge >= 0.3 is 5.97 Å². The van der Waals surface area contributed by atoms with Crippen LogP contribution in [0.15, 0.2) is 35.2 Å². The Balaban J connectivity index is 2.90. The van der Waals surface area contributed by atoms with E-state index in [0.717, 1.165) is 6.42 Å². The van der Waals surface area contributed by atoms with Crippen molar-refractivity contribution in [2.75, 3.05) is 24.6 Å². The van der Waals surface area contributed by atoms with Gasteiger partial charge in [-0.1, -0.05) is 65.2 Å². The molecular weight excluding hydrogens is 443 g/mol. The number of carbonyl (C=O) groups is 1. The molecule has 2 nitrogen and oxygen atoms in total. The van der Waals surface area contributed by atoms with Gasteiger partial charge in [-0.05, 0) is 64.5 Å². The predicted molar refractivity (Wildman–Crippen MR) is 152 cm³/mol. The molecule has 0 N–H and O–H groups in total. The zero-order valence-corrected chi connectivity index (χ0v) is 24.2. The number of hydrogen-bond acceptors (Lipinski definition) is 3. The van der Waals surface area contributed by atoms with Gasteiger partial charge in [0.15, 0.2) is 0 Å². The van der Waals surface area contributed by atoms with Crippen molar-refractivity contribution in [2.45, 2.75) is 121 Å². The third-order valence-corrected chi connectivity index (χ3v) is 13.1. The lowest BCUT2D eigenvalue weighted by atomic mass is 9.99. The lowest BCUT2D eigenvalue weighted by Crippen LogP contribution is -2.24. The zero-order chi connectivity index (χ0) is 24.6. The Hall–Kier alpha value is -0.530. The van der Waals surface area contributed by atoms with Crippen LogP contribution in [0.1, 0.15) is 106 Å². The van der Waals surface area contributed by atoms with Crippen molar-refractivity contribution in [3.8, 4) is 0 Å². The summed E-state index contributed by atoms with van der Waals surface area (Å²) in [4.78, 5) is 13.6. The van der Waals surface area contributed by atoms with E-state index in [1.54, 1.807) is 0 Å². The van der Waals surface area contributed by atoms with Gasteiger partial charge in [0.2, 0.25) is 0 Å². The van der Waals surface area contributed by atoms with Crippen molar-refractivity contribution < 1.29 is 9.53 Å². The molecule has 0 aliphatic carbocycles. The van der Waals surface area contributed by atoms with Gasteiger partial charge in [-0.25, -0.2) is 0 Å². The van der Waals surface area contributed by atoms with Crippen molar-refractivity contribution >= 4 is 25.0 Å². The van der Waals surface area contributed by atoms with E-state index in [9.17, 15) is 4.79 Å². The van der Waals surface area contributed by atoms with Gasteiger partial charge < -0.3 is 4.74 Å². The number of hydrogen-bond donors (Lipinski definition) is 0. The second-order valence-corrected chi connectivity index (χ2v) is 16.4. The molecule has 0 aromatic heterocycles. The van der Waals surface area contributed by atoms with Crippen LogP contribution < -0.4 is 0 Å². The Morgan fingerprint density at radius 2 is 1.39 bits per heavy atom. The summed E-state index contributed by atoms with van der Waals surface area (Å²) in [5.74, 6) is -0.0550. The van der Waals surface area contributed by atoms with Crippen LogP contribution in [-0.2, 0) is 9.53 Å². The first kappa shape index (κ1) is 30.5. The van der Waals surface area contributed by atoms with Gasteiger partial charge in [0, 0.05) is 23.3 Å². The highest BCUT2D eigenvalue weighted by molar-refractivity contribution is 8.00. The molecule has 0 aliphatic rings. The van der Waals surface area contributed by atoms with Gasteiger partial charge in [0.1, 0.15) is 0 Å². The molecule has 1 aromatic rings. The van der Waals surface area contributed by atoms with E-state index >= 15 is 0 Å². The van der Waals surface area contributed by atoms with E-state index in [0.29, 0.717) is 6.42 Å². The van der Waals surface area contributed by atoms with Crippen molar-refractivity contribution in [2.24, 2.45) is 0 Å². The fourth-order valence-corrected chi connectivity index (χ4v) is 11.1. The summed E-state index contributed by atoms with van der Waals surface area (Å²) in [6, 6.07) is 10.7. The number of rotatable bonds is 19. The minimum absolute atomic E-state index is 0.0355. The maximum atomic E-state index is 12.3. The van der Waals surface area contributed by atoms with Gasteiger partial charge in [-0.15, -0.1) is 11.8 Å². The smallest absolute Gasteiger partial charge is 0.306 e. The van der Waals surface area contributed by atoms with Crippen LogP contribution in [0, 0.1) is 0 Å². The van der Waals surface area contributed by atoms with E-state index in [-0.39, 0.29) is 16.8 Å². The van der Waals surface area contributed by atoms with Crippen LogP contribution in [0.5, 0.6) is 0 Å². The molecule has 0 aliphatic heterocycles. The van der Waals surface area contributed by atoms with Crippen LogP contribution in [-0.4, -0.2) is 41.5 Å². The second-order valence-electron chi connectivity index (χ2n) is 10.3. The highest BCUT2D eigenvalue weighted by atomic mass is 32.2. The number of esters is 1. The average Bonchev–Trinajstić information content (AvgIpc) is 2.79. The molecular formula is C29H52O2PS+. The van der Waals surface area contributed by atoms with Crippen LogP contribution in [0.2, 0.25) is 0 Å². The molecule has 0 saturated heterocycles. The molecule has 1 unspecified atom stereocenters. The quantitative estimate of drug-likeness (QED) is 0.109. The Bertz CT molecular complexity index is 612. The van der Waals surface area contributed by atoms with Crippen molar-refractivity contribution in [1.82, 2.24) is 0 Å². The first-order valence-corrected chi connectivity index (χ1v) is 16.9. The van der Waals surface area contributed by atoms with E-state index in [4.69, 9.17) is 4.74 Å². The summed E-state index contributed by atoms with van der Waals surface area (Å²) in [6.07, 6.45) is 17.9. The normalized spacial score (nSPS) is 13.8. The number of carbonyl (C=O) groups excluding carboxylic acids is 1. The molecule has 0 saturated carbocycles. The molecule has 0 heterocycles. The minimum Gasteiger partial charge on any atom is -0.463 e. The van der Waals surface area contributed by atoms with Gasteiger partial charge in [-0.3, -0.25) is 4.79 Å². The van der Waals surface area contributed by atoms with Crippen molar-refractivity contribution in [3.05, 3.63) is 30.3 Å². The zero-order valence-electron chi connectivity index (χ0n) is 22.5. The first-order valence-electron chi connectivity index (χ1n) is 13.6. The molecule has 190 valence electrons. The highest BCUT2D eigenvalue weighted by Crippen LogP contribution is 2.61. The molecule has 1 rings (SSSR count). The summed E-state index contributed by atoms with van der Waals surface area (Å²) in [7, 11) is -0.872. The highest BCUT2D eigenvalue weighted by Gasteiger charge is 2.36. The summed E-state index contributed by atoms with van der Waals surface area (Å²) in [6.45, 7) is 13.3. The van der Waals surface area contributed by atoms with Crippen molar-refractivity contribution in [1.29, 1.82) is 0 Å². The van der Waals surface area contributed by atoms with Crippen LogP contribution in [0.3, 0.4) is 0 Å². The maximum absolute atomic E-state index is 12.3. The molecule has 0 radical (unpaired) electrons. The summed E-state index contributed by atoms with van der Waals surface area (Å²) >= 11 is 1.96. The average molecular weight is 496 g/mol. The van der Waals surface area contributed by atoms with Crippen LogP contribution in [0.25, 0.3) is 0 Å². The van der Waals surface area contributed by atoms with Crippen LogP contribution in [0.4, 0.5) is 0 Å². The van der Waals surface area contributed by atoms with E-state index in [1.165, 1.54) is 80.9 Å². The van der Waals surface area contributed by atoms with E-state index < -0.39 is 7.26 Å². The lowest BCUT2D eigenvalue weighted by Gasteiger charge is -2.32. The topological polar surface area (TPSA) is 26.3 Å². The predicted octanol–water partition coefficient (Wildman–Crippen LogP) is 9.47. The molecule has 0 bridgehead atoms. The molecule has 0 spiro atoms. The fourth-order valence-electron chi connectivity index (χ4n) is 4.63. The summed E-state index contributed by atoms with van der Waals surface area (Å²) < 4.78 is 5.51. The minimum atomic E-state index is -0.872. The van der Waals surface area contributed by atoms with Gasteiger partial charge in [0.05, 0.1) is 30.8 Å². The van der Waals surface area contributed by atoms with Gasteiger partial charge in [-0.2, -0.15) is 0 Å². The number of thioether (sulfide) groups is 1. The number of ether oxygens (including phenoxy) is 1. The largest absolute Gasteiger partial charge is 0.463 e. The molecule has 4 heteroatoms. The Kier molecular flexibility index (Phi) is 15.7. The van der Waals surface area contributed by atoms with E-state index in [1.807, 2.05) is 25.6 Å². The summed E-state index contributed by atoms with van der Waals surface area (Å²) in [5.41, 5.74) is 0. The fraction of sp³-hybridized carbons (Fsp3) is 0.759. The molecule has 1 atom stereocenters. The Morgan fingerprint density at radius 1 is 0.879 bits per heavy atom. The first-order chi connectivity index (χ1) is 15.8. The lowest BCUT2D eigenvalue weighted by molar-refractivity contribution is -0.147. The molecule has 0 fully saturated rings. The third kappa shape index (κ3) is 13.2. The van der Waals surface area contributed by atoms with E-state index in [2.05, 4.69) is 58.0 Å².